The van der Waals surface area contributed by atoms with Gasteiger partial charge < -0.3 is 5.43 Å². The number of hydrazone groups is 1. The van der Waals surface area contributed by atoms with Gasteiger partial charge in [-0.15, -0.1) is 0 Å². The number of hydrogen-bond donors (Lipinski definition) is 1. The fourth-order valence-corrected chi connectivity index (χ4v) is 6.99. The Kier molecular flexibility index (Phi) is 3.02. The number of Topliss-reactive ketones (excluding diaryl/α,β-unsaturated/α-hetero) is 1. The van der Waals surface area contributed by atoms with Crippen LogP contribution in [0.5, 0.6) is 0 Å². The Morgan fingerprint density at radius 3 is 2.67 bits per heavy atom. The van der Waals surface area contributed by atoms with Gasteiger partial charge in [-0.05, 0) is 36.5 Å². The lowest BCUT2D eigenvalue weighted by molar-refractivity contribution is -0.122. The first kappa shape index (κ1) is 14.1. The third-order valence-corrected chi connectivity index (χ3v) is 8.76. The fraction of sp³-hybridized carbons (Fsp3) is 0.882. The molecule has 0 aromatic rings. The average Bonchev–Trinajstić information content (AvgIpc) is 2.99. The van der Waals surface area contributed by atoms with Gasteiger partial charge >= 0.3 is 0 Å². The van der Waals surface area contributed by atoms with Gasteiger partial charge in [0.05, 0.1) is 16.3 Å². The molecular formula is C17H26N2OS. The molecule has 0 saturated heterocycles. The molecular weight excluding hydrogens is 280 g/mol. The monoisotopic (exact) mass is 306 g/mol. The van der Waals surface area contributed by atoms with Crippen molar-refractivity contribution in [2.24, 2.45) is 27.8 Å². The molecule has 4 aliphatic rings. The van der Waals surface area contributed by atoms with E-state index >= 15 is 0 Å². The highest BCUT2D eigenvalue weighted by Gasteiger charge is 2.66. The van der Waals surface area contributed by atoms with Crippen molar-refractivity contribution in [1.29, 1.82) is 0 Å². The maximum Gasteiger partial charge on any atom is 0.150 e. The molecule has 0 aromatic carbocycles. The zero-order valence-corrected chi connectivity index (χ0v) is 14.1. The number of fused-ring (bicyclic) bond motifs is 3. The number of hydrogen-bond acceptors (Lipinski definition) is 4. The molecule has 4 heteroatoms. The number of nitrogens with one attached hydrogen (secondary N) is 1. The molecule has 0 amide bonds. The second-order valence-electron chi connectivity index (χ2n) is 8.21. The van der Waals surface area contributed by atoms with E-state index in [0.717, 1.165) is 6.42 Å². The lowest BCUT2D eigenvalue weighted by atomic mass is 9.71. The number of carbonyl (C=O) groups excluding carboxylic acids is 1. The van der Waals surface area contributed by atoms with Gasteiger partial charge in [-0.2, -0.15) is 5.10 Å². The van der Waals surface area contributed by atoms with Crippen molar-refractivity contribution in [2.75, 3.05) is 0 Å². The Bertz CT molecular complexity index is 515. The Morgan fingerprint density at radius 1 is 1.19 bits per heavy atom. The summed E-state index contributed by atoms with van der Waals surface area (Å²) in [5.41, 5.74) is 3.63. The van der Waals surface area contributed by atoms with Crippen molar-refractivity contribution in [3.8, 4) is 0 Å². The lowest BCUT2D eigenvalue weighted by Gasteiger charge is -2.38. The highest BCUT2D eigenvalue weighted by Crippen LogP contribution is 2.67. The van der Waals surface area contributed by atoms with Crippen molar-refractivity contribution in [3.05, 3.63) is 0 Å². The van der Waals surface area contributed by atoms with Crippen LogP contribution in [0.15, 0.2) is 5.10 Å². The molecule has 1 N–H and O–H groups in total. The van der Waals surface area contributed by atoms with E-state index in [1.54, 1.807) is 0 Å². The van der Waals surface area contributed by atoms with E-state index in [0.29, 0.717) is 17.7 Å². The maximum atomic E-state index is 12.8. The van der Waals surface area contributed by atoms with Gasteiger partial charge in [0, 0.05) is 11.8 Å². The molecule has 2 bridgehead atoms. The molecule has 4 rings (SSSR count). The summed E-state index contributed by atoms with van der Waals surface area (Å²) in [6.07, 6.45) is 7.40. The lowest BCUT2D eigenvalue weighted by Crippen LogP contribution is -2.38. The van der Waals surface area contributed by atoms with Gasteiger partial charge in [0.1, 0.15) is 5.78 Å². The molecule has 3 aliphatic carbocycles. The molecule has 0 aromatic heterocycles. The van der Waals surface area contributed by atoms with E-state index < -0.39 is 0 Å². The van der Waals surface area contributed by atoms with E-state index in [2.05, 4.69) is 31.3 Å². The van der Waals surface area contributed by atoms with E-state index in [-0.39, 0.29) is 22.0 Å². The van der Waals surface area contributed by atoms with E-state index in [1.807, 2.05) is 11.8 Å². The first-order chi connectivity index (χ1) is 9.95. The normalized spacial score (nSPS) is 47.2. The van der Waals surface area contributed by atoms with Gasteiger partial charge in [0.25, 0.3) is 0 Å². The summed E-state index contributed by atoms with van der Waals surface area (Å²) in [5.74, 6) is 1.35. The highest BCUT2D eigenvalue weighted by molar-refractivity contribution is 8.15. The number of carbonyl (C=O) groups is 1. The van der Waals surface area contributed by atoms with Gasteiger partial charge in [-0.1, -0.05) is 45.4 Å². The third-order valence-electron chi connectivity index (χ3n) is 7.14. The van der Waals surface area contributed by atoms with Crippen LogP contribution in [0.4, 0.5) is 0 Å². The Morgan fingerprint density at radius 2 is 1.95 bits per heavy atom. The minimum absolute atomic E-state index is 0.132. The summed E-state index contributed by atoms with van der Waals surface area (Å²) in [4.78, 5) is 12.8. The summed E-state index contributed by atoms with van der Waals surface area (Å²) in [6.45, 7) is 6.96. The van der Waals surface area contributed by atoms with E-state index in [4.69, 9.17) is 0 Å². The number of ketones is 1. The van der Waals surface area contributed by atoms with Crippen LogP contribution in [0.1, 0.15) is 59.3 Å². The van der Waals surface area contributed by atoms with Gasteiger partial charge in [-0.3, -0.25) is 4.79 Å². The van der Waals surface area contributed by atoms with Crippen LogP contribution >= 0.6 is 11.8 Å². The first-order valence-corrected chi connectivity index (χ1v) is 9.36. The van der Waals surface area contributed by atoms with Crippen molar-refractivity contribution in [2.45, 2.75) is 70.6 Å². The molecule has 1 aliphatic heterocycles. The predicted octanol–water partition coefficient (Wildman–Crippen LogP) is 3.59. The van der Waals surface area contributed by atoms with E-state index in [9.17, 15) is 4.79 Å². The minimum Gasteiger partial charge on any atom is -0.306 e. The van der Waals surface area contributed by atoms with Crippen molar-refractivity contribution < 1.29 is 4.79 Å². The average molecular weight is 306 g/mol. The molecule has 5 atom stereocenters. The molecule has 3 saturated carbocycles. The van der Waals surface area contributed by atoms with Crippen LogP contribution in [-0.2, 0) is 4.79 Å². The Balaban J connectivity index is 1.57. The maximum absolute atomic E-state index is 12.8. The summed E-state index contributed by atoms with van der Waals surface area (Å²) in [7, 11) is 0. The zero-order chi connectivity index (χ0) is 14.8. The van der Waals surface area contributed by atoms with Crippen molar-refractivity contribution in [3.63, 3.8) is 0 Å². The second-order valence-corrected chi connectivity index (χ2v) is 9.33. The zero-order valence-electron chi connectivity index (χ0n) is 13.3. The Labute approximate surface area is 131 Å². The molecule has 0 spiro atoms. The van der Waals surface area contributed by atoms with Crippen molar-refractivity contribution >= 4 is 22.6 Å². The highest BCUT2D eigenvalue weighted by atomic mass is 32.2. The molecule has 1 heterocycles. The largest absolute Gasteiger partial charge is 0.306 e. The minimum atomic E-state index is 0.132. The third kappa shape index (κ3) is 1.74. The van der Waals surface area contributed by atoms with Crippen LogP contribution in [0.3, 0.4) is 0 Å². The summed E-state index contributed by atoms with van der Waals surface area (Å²) >= 11 is 1.81. The van der Waals surface area contributed by atoms with Crippen LogP contribution in [-0.4, -0.2) is 22.1 Å². The SMILES string of the molecule is CC1(C)[C@@H]2CC[C@]1(C)[C@H](SC1=NN[C@H]3CCCC[C@H]13)C2=O. The number of nitrogens with zero attached hydrogens (tertiary/aromatic N) is 1. The first-order valence-electron chi connectivity index (χ1n) is 8.48. The van der Waals surface area contributed by atoms with Crippen LogP contribution < -0.4 is 5.43 Å². The van der Waals surface area contributed by atoms with Gasteiger partial charge in [0.15, 0.2) is 0 Å². The van der Waals surface area contributed by atoms with Crippen LogP contribution in [0.25, 0.3) is 0 Å². The van der Waals surface area contributed by atoms with Gasteiger partial charge in [-0.25, -0.2) is 0 Å². The summed E-state index contributed by atoms with van der Waals surface area (Å²) in [6, 6.07) is 0.538. The van der Waals surface area contributed by atoms with Crippen LogP contribution in [0, 0.1) is 22.7 Å². The molecule has 3 fully saturated rings. The molecule has 0 unspecified atom stereocenters. The number of rotatable bonds is 1. The fourth-order valence-electron chi connectivity index (χ4n) is 5.22. The quantitative estimate of drug-likeness (QED) is 0.805. The van der Waals surface area contributed by atoms with E-state index in [1.165, 1.54) is 37.1 Å². The van der Waals surface area contributed by atoms with Crippen molar-refractivity contribution in [1.82, 2.24) is 5.43 Å². The topological polar surface area (TPSA) is 41.5 Å². The molecule has 0 radical (unpaired) electrons. The molecule has 21 heavy (non-hydrogen) atoms. The summed E-state index contributed by atoms with van der Waals surface area (Å²) < 4.78 is 0. The Hall–Kier alpha value is -0.510. The standard InChI is InChI=1S/C17H26N2OS/c1-16(2)11-8-9-17(16,3)14(13(11)20)21-15-10-6-4-5-7-12(10)18-19-15/h10-12,14,18H,4-9H2,1-3H3/t10-,11+,12-,14+,17+/m0/s1. The van der Waals surface area contributed by atoms with Gasteiger partial charge in [0.2, 0.25) is 0 Å². The molecule has 3 nitrogen and oxygen atoms in total. The predicted molar refractivity (Wildman–Crippen MR) is 87.3 cm³/mol. The van der Waals surface area contributed by atoms with Crippen LogP contribution in [0.2, 0.25) is 0 Å². The number of thioether (sulfide) groups is 1. The summed E-state index contributed by atoms with van der Waals surface area (Å²) in [5, 5.41) is 5.97. The second kappa shape index (κ2) is 4.50. The smallest absolute Gasteiger partial charge is 0.150 e. The molecule has 116 valence electrons.